The van der Waals surface area contributed by atoms with Crippen molar-refractivity contribution >= 4 is 29.2 Å². The number of rotatable bonds is 8. The molecule has 1 aliphatic heterocycles. The lowest BCUT2D eigenvalue weighted by molar-refractivity contribution is -0.384. The van der Waals surface area contributed by atoms with Gasteiger partial charge in [0.2, 0.25) is 17.7 Å². The van der Waals surface area contributed by atoms with Crippen LogP contribution in [0.1, 0.15) is 38.8 Å². The SMILES string of the molecule is CC(C)[C@H](NC(=O)C[C@H](N)c1cccc([N+](=O)[O-])c1)C(=O)[C@@H]1C(=O)NC(=O)[C@H]1C. The molecule has 10 heteroatoms. The first kappa shape index (κ1) is 22.2. The van der Waals surface area contributed by atoms with Gasteiger partial charge in [0.05, 0.1) is 16.9 Å². The highest BCUT2D eigenvalue weighted by Crippen LogP contribution is 2.24. The van der Waals surface area contributed by atoms with Gasteiger partial charge in [-0.05, 0) is 11.5 Å². The number of nitro benzene ring substituents is 1. The summed E-state index contributed by atoms with van der Waals surface area (Å²) < 4.78 is 0. The molecule has 0 unspecified atom stereocenters. The van der Waals surface area contributed by atoms with Crippen LogP contribution in [0, 0.1) is 27.9 Å². The van der Waals surface area contributed by atoms with E-state index >= 15 is 0 Å². The van der Waals surface area contributed by atoms with Crippen LogP contribution in [-0.2, 0) is 19.2 Å². The van der Waals surface area contributed by atoms with Crippen LogP contribution in [0.5, 0.6) is 0 Å². The minimum atomic E-state index is -1.15. The van der Waals surface area contributed by atoms with Crippen LogP contribution in [0.2, 0.25) is 0 Å². The van der Waals surface area contributed by atoms with E-state index in [4.69, 9.17) is 5.73 Å². The lowest BCUT2D eigenvalue weighted by Gasteiger charge is -2.25. The Morgan fingerprint density at radius 1 is 1.28 bits per heavy atom. The molecule has 156 valence electrons. The Hall–Kier alpha value is -3.14. The number of amides is 3. The van der Waals surface area contributed by atoms with E-state index in [1.54, 1.807) is 19.9 Å². The number of Topliss-reactive ketones (excluding diaryl/α,β-unsaturated/α-hetero) is 1. The van der Waals surface area contributed by atoms with Crippen LogP contribution in [0.15, 0.2) is 24.3 Å². The van der Waals surface area contributed by atoms with Gasteiger partial charge in [0.15, 0.2) is 5.78 Å². The average Bonchev–Trinajstić information content (AvgIpc) is 2.90. The van der Waals surface area contributed by atoms with Crippen LogP contribution in [0.4, 0.5) is 5.69 Å². The molecule has 1 aromatic carbocycles. The van der Waals surface area contributed by atoms with Crippen molar-refractivity contribution in [2.75, 3.05) is 0 Å². The highest BCUT2D eigenvalue weighted by molar-refractivity contribution is 6.16. The third-order valence-corrected chi connectivity index (χ3v) is 4.95. The third-order valence-electron chi connectivity index (χ3n) is 4.95. The Labute approximate surface area is 167 Å². The standard InChI is InChI=1S/C19H24N4O6/c1-9(2)16(17(25)15-10(3)18(26)22-19(15)27)21-14(24)8-13(20)11-5-4-6-12(7-11)23(28)29/h4-7,9-10,13,15-16H,8,20H2,1-3H3,(H,21,24)(H,22,26,27)/t10-,13-,15+,16-/m0/s1. The van der Waals surface area contributed by atoms with Gasteiger partial charge in [-0.25, -0.2) is 0 Å². The van der Waals surface area contributed by atoms with Gasteiger partial charge < -0.3 is 11.1 Å². The molecule has 4 atom stereocenters. The van der Waals surface area contributed by atoms with E-state index in [-0.39, 0.29) is 18.0 Å². The summed E-state index contributed by atoms with van der Waals surface area (Å²) in [4.78, 5) is 59.2. The normalized spacial score (nSPS) is 20.9. The number of imide groups is 1. The minimum absolute atomic E-state index is 0.139. The molecule has 0 spiro atoms. The summed E-state index contributed by atoms with van der Waals surface area (Å²) >= 11 is 0. The molecule has 1 heterocycles. The Bertz CT molecular complexity index is 853. The summed E-state index contributed by atoms with van der Waals surface area (Å²) in [6, 6.07) is 3.88. The first-order chi connectivity index (χ1) is 13.5. The summed E-state index contributed by atoms with van der Waals surface area (Å²) in [5.41, 5.74) is 6.27. The summed E-state index contributed by atoms with van der Waals surface area (Å²) in [6.45, 7) is 4.91. The number of hydrogen-bond acceptors (Lipinski definition) is 7. The van der Waals surface area contributed by atoms with Gasteiger partial charge in [-0.1, -0.05) is 32.9 Å². The van der Waals surface area contributed by atoms with Crippen molar-refractivity contribution in [1.29, 1.82) is 0 Å². The minimum Gasteiger partial charge on any atom is -0.346 e. The second kappa shape index (κ2) is 8.91. The van der Waals surface area contributed by atoms with Gasteiger partial charge in [-0.3, -0.25) is 34.6 Å². The Balaban J connectivity index is 2.09. The highest BCUT2D eigenvalue weighted by atomic mass is 16.6. The summed E-state index contributed by atoms with van der Waals surface area (Å²) in [7, 11) is 0. The average molecular weight is 404 g/mol. The van der Waals surface area contributed by atoms with Gasteiger partial charge in [0.1, 0.15) is 5.92 Å². The van der Waals surface area contributed by atoms with Crippen molar-refractivity contribution in [3.8, 4) is 0 Å². The molecule has 1 saturated heterocycles. The number of nitrogens with one attached hydrogen (secondary N) is 2. The van der Waals surface area contributed by atoms with Crippen LogP contribution in [0.3, 0.4) is 0 Å². The van der Waals surface area contributed by atoms with E-state index in [2.05, 4.69) is 10.6 Å². The first-order valence-electron chi connectivity index (χ1n) is 9.20. The molecule has 29 heavy (non-hydrogen) atoms. The molecule has 0 aliphatic carbocycles. The van der Waals surface area contributed by atoms with Crippen molar-refractivity contribution in [2.24, 2.45) is 23.5 Å². The number of nitrogens with two attached hydrogens (primary N) is 1. The van der Waals surface area contributed by atoms with Gasteiger partial charge in [-0.15, -0.1) is 0 Å². The predicted molar refractivity (Wildman–Crippen MR) is 102 cm³/mol. The molecule has 0 bridgehead atoms. The summed E-state index contributed by atoms with van der Waals surface area (Å²) in [5.74, 6) is -4.53. The Kier molecular flexibility index (Phi) is 6.80. The van der Waals surface area contributed by atoms with Crippen molar-refractivity contribution in [3.05, 3.63) is 39.9 Å². The van der Waals surface area contributed by atoms with Gasteiger partial charge in [0, 0.05) is 24.6 Å². The fourth-order valence-electron chi connectivity index (χ4n) is 3.25. The zero-order chi connectivity index (χ0) is 21.9. The molecule has 0 radical (unpaired) electrons. The lowest BCUT2D eigenvalue weighted by Crippen LogP contribution is -2.49. The molecule has 1 aromatic rings. The molecule has 0 saturated carbocycles. The number of nitro groups is 1. The first-order valence-corrected chi connectivity index (χ1v) is 9.20. The molecule has 3 amide bonds. The Morgan fingerprint density at radius 3 is 2.45 bits per heavy atom. The number of hydrogen-bond donors (Lipinski definition) is 3. The molecule has 0 aromatic heterocycles. The maximum absolute atomic E-state index is 12.8. The van der Waals surface area contributed by atoms with E-state index in [0.717, 1.165) is 0 Å². The second-order valence-corrected chi connectivity index (χ2v) is 7.47. The van der Waals surface area contributed by atoms with Crippen molar-refractivity contribution in [2.45, 2.75) is 39.3 Å². The zero-order valence-corrected chi connectivity index (χ0v) is 16.4. The zero-order valence-electron chi connectivity index (χ0n) is 16.4. The fraction of sp³-hybridized carbons (Fsp3) is 0.474. The molecular weight excluding hydrogens is 380 g/mol. The summed E-state index contributed by atoms with van der Waals surface area (Å²) in [6.07, 6.45) is -0.205. The summed E-state index contributed by atoms with van der Waals surface area (Å²) in [5, 5.41) is 15.6. The van der Waals surface area contributed by atoms with Crippen LogP contribution < -0.4 is 16.4 Å². The monoisotopic (exact) mass is 404 g/mol. The number of nitrogens with zero attached hydrogens (tertiary/aromatic N) is 1. The van der Waals surface area contributed by atoms with Crippen molar-refractivity contribution in [1.82, 2.24) is 10.6 Å². The maximum Gasteiger partial charge on any atom is 0.269 e. The smallest absolute Gasteiger partial charge is 0.269 e. The van der Waals surface area contributed by atoms with E-state index in [1.165, 1.54) is 25.1 Å². The number of non-ortho nitro benzene ring substituents is 1. The highest BCUT2D eigenvalue weighted by Gasteiger charge is 2.46. The molecule has 1 fully saturated rings. The third kappa shape index (κ3) is 5.02. The lowest BCUT2D eigenvalue weighted by atomic mass is 9.85. The fourth-order valence-corrected chi connectivity index (χ4v) is 3.25. The molecule has 1 aliphatic rings. The molecule has 2 rings (SSSR count). The maximum atomic E-state index is 12.8. The predicted octanol–water partition coefficient (Wildman–Crippen LogP) is 0.603. The van der Waals surface area contributed by atoms with Gasteiger partial charge in [-0.2, -0.15) is 0 Å². The number of benzene rings is 1. The molecule has 4 N–H and O–H groups in total. The van der Waals surface area contributed by atoms with Crippen molar-refractivity contribution in [3.63, 3.8) is 0 Å². The number of carbonyl (C=O) groups is 4. The molecular formula is C19H24N4O6. The van der Waals surface area contributed by atoms with Crippen molar-refractivity contribution < 1.29 is 24.1 Å². The number of carbonyl (C=O) groups excluding carboxylic acids is 4. The Morgan fingerprint density at radius 2 is 1.93 bits per heavy atom. The van der Waals surface area contributed by atoms with E-state index in [1.807, 2.05) is 0 Å². The largest absolute Gasteiger partial charge is 0.346 e. The van der Waals surface area contributed by atoms with Crippen LogP contribution in [0.25, 0.3) is 0 Å². The van der Waals surface area contributed by atoms with E-state index in [0.29, 0.717) is 5.56 Å². The van der Waals surface area contributed by atoms with Gasteiger partial charge >= 0.3 is 0 Å². The number of ketones is 1. The quantitative estimate of drug-likeness (QED) is 0.247. The van der Waals surface area contributed by atoms with Gasteiger partial charge in [0.25, 0.3) is 5.69 Å². The molecule has 10 nitrogen and oxygen atoms in total. The van der Waals surface area contributed by atoms with Crippen LogP contribution >= 0.6 is 0 Å². The van der Waals surface area contributed by atoms with E-state index in [9.17, 15) is 29.3 Å². The second-order valence-electron chi connectivity index (χ2n) is 7.47. The van der Waals surface area contributed by atoms with E-state index < -0.39 is 52.3 Å². The topological polar surface area (TPSA) is 162 Å². The van der Waals surface area contributed by atoms with Crippen LogP contribution in [-0.4, -0.2) is 34.5 Å².